The first-order chi connectivity index (χ1) is 10.1. The number of rotatable bonds is 0. The maximum Gasteiger partial charge on any atom is 0.347 e. The summed E-state index contributed by atoms with van der Waals surface area (Å²) in [6, 6.07) is 10.5. The lowest BCUT2D eigenvalue weighted by molar-refractivity contribution is 0.0444. The van der Waals surface area contributed by atoms with E-state index in [4.69, 9.17) is 0 Å². The molecule has 4 rings (SSSR count). The first-order valence-corrected chi connectivity index (χ1v) is 6.43. The van der Waals surface area contributed by atoms with Gasteiger partial charge in [-0.05, 0) is 18.2 Å². The van der Waals surface area contributed by atoms with Crippen molar-refractivity contribution in [2.45, 2.75) is 6.92 Å². The van der Waals surface area contributed by atoms with Gasteiger partial charge in [-0.25, -0.2) is 9.59 Å². The van der Waals surface area contributed by atoms with E-state index in [-0.39, 0.29) is 17.0 Å². The summed E-state index contributed by atoms with van der Waals surface area (Å²) >= 11 is 0. The van der Waals surface area contributed by atoms with Crippen molar-refractivity contribution in [1.82, 2.24) is 4.57 Å². The van der Waals surface area contributed by atoms with Crippen molar-refractivity contribution >= 4 is 39.7 Å². The molecule has 5 nitrogen and oxygen atoms in total. The van der Waals surface area contributed by atoms with Gasteiger partial charge in [-0.15, -0.1) is 0 Å². The lowest BCUT2D eigenvalue weighted by Crippen LogP contribution is -2.04. The van der Waals surface area contributed by atoms with Crippen molar-refractivity contribution in [3.8, 4) is 0 Å². The number of carbonyl (C=O) groups excluding carboxylic acids is 3. The Balaban J connectivity index is 2.32. The molecule has 2 heterocycles. The quantitative estimate of drug-likeness (QED) is 0.469. The van der Waals surface area contributed by atoms with Gasteiger partial charge < -0.3 is 4.74 Å². The van der Waals surface area contributed by atoms with E-state index in [1.165, 1.54) is 13.0 Å². The molecule has 0 fully saturated rings. The number of hydrogen-bond acceptors (Lipinski definition) is 4. The Kier molecular flexibility index (Phi) is 2.14. The number of carbonyl (C=O) groups is 3. The minimum Gasteiger partial charge on any atom is -0.386 e. The van der Waals surface area contributed by atoms with Crippen LogP contribution in [-0.4, -0.2) is 22.4 Å². The normalized spacial score (nSPS) is 13.8. The average Bonchev–Trinajstić information content (AvgIpc) is 2.94. The maximum atomic E-state index is 12.0. The monoisotopic (exact) mass is 279 g/mol. The minimum atomic E-state index is -0.660. The van der Waals surface area contributed by atoms with Crippen molar-refractivity contribution < 1.29 is 19.1 Å². The van der Waals surface area contributed by atoms with Crippen molar-refractivity contribution in [2.75, 3.05) is 0 Å². The SMILES string of the molecule is CC(=O)n1c2ccccc2c2c3c(ccc21)C(=O)OC3=O. The molecule has 0 spiro atoms. The number of para-hydroxylation sites is 1. The molecule has 1 aromatic heterocycles. The van der Waals surface area contributed by atoms with Crippen LogP contribution in [0.25, 0.3) is 21.8 Å². The highest BCUT2D eigenvalue weighted by Gasteiger charge is 2.33. The van der Waals surface area contributed by atoms with Gasteiger partial charge in [-0.1, -0.05) is 18.2 Å². The van der Waals surface area contributed by atoms with Crippen molar-refractivity contribution in [3.63, 3.8) is 0 Å². The molecule has 1 aliphatic rings. The zero-order valence-electron chi connectivity index (χ0n) is 11.0. The molecular weight excluding hydrogens is 270 g/mol. The highest BCUT2D eigenvalue weighted by atomic mass is 16.6. The van der Waals surface area contributed by atoms with Crippen LogP contribution in [0.5, 0.6) is 0 Å². The molecule has 0 atom stereocenters. The van der Waals surface area contributed by atoms with Crippen LogP contribution in [0.1, 0.15) is 32.4 Å². The van der Waals surface area contributed by atoms with Crippen LogP contribution in [0.4, 0.5) is 0 Å². The number of aromatic nitrogens is 1. The minimum absolute atomic E-state index is 0.154. The van der Waals surface area contributed by atoms with Gasteiger partial charge in [0.1, 0.15) is 0 Å². The predicted octanol–water partition coefficient (Wildman–Crippen LogP) is 2.77. The van der Waals surface area contributed by atoms with Gasteiger partial charge in [0.05, 0.1) is 22.2 Å². The fourth-order valence-electron chi connectivity index (χ4n) is 2.97. The lowest BCUT2D eigenvalue weighted by Gasteiger charge is -2.01. The van der Waals surface area contributed by atoms with Crippen LogP contribution in [-0.2, 0) is 4.74 Å². The number of fused-ring (bicyclic) bond motifs is 5. The van der Waals surface area contributed by atoms with E-state index in [1.807, 2.05) is 24.3 Å². The van der Waals surface area contributed by atoms with E-state index < -0.39 is 11.9 Å². The summed E-state index contributed by atoms with van der Waals surface area (Å²) in [5.74, 6) is -1.46. The molecule has 0 amide bonds. The average molecular weight is 279 g/mol. The second kappa shape index (κ2) is 3.79. The highest BCUT2D eigenvalue weighted by molar-refractivity contribution is 6.27. The van der Waals surface area contributed by atoms with Crippen molar-refractivity contribution in [3.05, 3.63) is 47.5 Å². The maximum absolute atomic E-state index is 12.0. The summed E-state index contributed by atoms with van der Waals surface area (Å²) in [6.45, 7) is 1.46. The molecule has 2 aromatic carbocycles. The van der Waals surface area contributed by atoms with E-state index in [9.17, 15) is 14.4 Å². The van der Waals surface area contributed by atoms with Gasteiger partial charge in [-0.3, -0.25) is 9.36 Å². The fraction of sp³-hybridized carbons (Fsp3) is 0.0625. The van der Waals surface area contributed by atoms with Gasteiger partial charge in [0.2, 0.25) is 5.91 Å². The Bertz CT molecular complexity index is 981. The Morgan fingerprint density at radius 2 is 1.76 bits per heavy atom. The zero-order valence-corrected chi connectivity index (χ0v) is 11.0. The largest absolute Gasteiger partial charge is 0.386 e. The van der Waals surface area contributed by atoms with Crippen LogP contribution < -0.4 is 0 Å². The molecule has 0 aliphatic carbocycles. The topological polar surface area (TPSA) is 65.4 Å². The number of benzene rings is 2. The Hall–Kier alpha value is -2.95. The van der Waals surface area contributed by atoms with E-state index in [2.05, 4.69) is 4.74 Å². The molecule has 0 radical (unpaired) electrons. The van der Waals surface area contributed by atoms with Gasteiger partial charge >= 0.3 is 11.9 Å². The first-order valence-electron chi connectivity index (χ1n) is 6.43. The van der Waals surface area contributed by atoms with E-state index in [1.54, 1.807) is 10.6 Å². The number of hydrogen-bond donors (Lipinski definition) is 0. The van der Waals surface area contributed by atoms with Crippen LogP contribution in [0.15, 0.2) is 36.4 Å². The number of esters is 2. The first kappa shape index (κ1) is 11.8. The molecule has 0 saturated heterocycles. The number of cyclic esters (lactones) is 2. The molecule has 3 aromatic rings. The molecule has 0 unspecified atom stereocenters. The second-order valence-corrected chi connectivity index (χ2v) is 4.93. The summed E-state index contributed by atoms with van der Waals surface area (Å²) in [6.07, 6.45) is 0. The predicted molar refractivity (Wildman–Crippen MR) is 75.5 cm³/mol. The van der Waals surface area contributed by atoms with E-state index in [0.29, 0.717) is 16.4 Å². The molecule has 0 N–H and O–H groups in total. The standard InChI is InChI=1S/C16H9NO4/c1-8(18)17-11-5-3-2-4-9(11)13-12(17)7-6-10-14(13)16(20)21-15(10)19/h2-7H,1H3. The Morgan fingerprint density at radius 1 is 1.00 bits per heavy atom. The Morgan fingerprint density at radius 3 is 2.52 bits per heavy atom. The Labute approximate surface area is 118 Å². The highest BCUT2D eigenvalue weighted by Crippen LogP contribution is 2.36. The van der Waals surface area contributed by atoms with Gasteiger partial charge in [-0.2, -0.15) is 0 Å². The van der Waals surface area contributed by atoms with Crippen LogP contribution >= 0.6 is 0 Å². The third kappa shape index (κ3) is 1.37. The van der Waals surface area contributed by atoms with Gasteiger partial charge in [0.15, 0.2) is 0 Å². The van der Waals surface area contributed by atoms with Crippen LogP contribution in [0, 0.1) is 0 Å². The van der Waals surface area contributed by atoms with E-state index >= 15 is 0 Å². The molecule has 0 saturated carbocycles. The molecule has 5 heteroatoms. The van der Waals surface area contributed by atoms with Crippen LogP contribution in [0.3, 0.4) is 0 Å². The van der Waals surface area contributed by atoms with Crippen LogP contribution in [0.2, 0.25) is 0 Å². The number of ether oxygens (including phenoxy) is 1. The summed E-state index contributed by atoms with van der Waals surface area (Å²) < 4.78 is 6.23. The summed E-state index contributed by atoms with van der Waals surface area (Å²) in [5.41, 5.74) is 1.81. The van der Waals surface area contributed by atoms with Crippen molar-refractivity contribution in [1.29, 1.82) is 0 Å². The lowest BCUT2D eigenvalue weighted by atomic mass is 10.0. The molecule has 21 heavy (non-hydrogen) atoms. The van der Waals surface area contributed by atoms with Crippen molar-refractivity contribution in [2.24, 2.45) is 0 Å². The molecule has 1 aliphatic heterocycles. The summed E-state index contributed by atoms with van der Waals surface area (Å²) in [5, 5.41) is 1.35. The fourth-order valence-corrected chi connectivity index (χ4v) is 2.97. The second-order valence-electron chi connectivity index (χ2n) is 4.93. The number of nitrogens with zero attached hydrogens (tertiary/aromatic N) is 1. The van der Waals surface area contributed by atoms with Gasteiger partial charge in [0.25, 0.3) is 0 Å². The third-order valence-electron chi connectivity index (χ3n) is 3.76. The molecular formula is C16H9NO4. The zero-order chi connectivity index (χ0) is 14.7. The van der Waals surface area contributed by atoms with Gasteiger partial charge in [0, 0.05) is 17.7 Å². The van der Waals surface area contributed by atoms with E-state index in [0.717, 1.165) is 5.39 Å². The smallest absolute Gasteiger partial charge is 0.347 e. The summed E-state index contributed by atoms with van der Waals surface area (Å²) in [4.78, 5) is 35.6. The molecule has 102 valence electrons. The third-order valence-corrected chi connectivity index (χ3v) is 3.76. The summed E-state index contributed by atoms with van der Waals surface area (Å²) in [7, 11) is 0. The molecule has 0 bridgehead atoms.